The number of aromatic hydroxyl groups is 2. The summed E-state index contributed by atoms with van der Waals surface area (Å²) in [7, 11) is 0. The maximum Gasteiger partial charge on any atom is 1.00 e. The Morgan fingerprint density at radius 1 is 1.30 bits per heavy atom. The molecule has 0 aliphatic carbocycles. The summed E-state index contributed by atoms with van der Waals surface area (Å²) in [6.45, 7) is 0. The van der Waals surface area contributed by atoms with E-state index in [2.05, 4.69) is 0 Å². The second-order valence-electron chi connectivity index (χ2n) is 1.61. The molecule has 4 heteroatoms. The van der Waals surface area contributed by atoms with Crippen LogP contribution in [0.5, 0.6) is 11.5 Å². The van der Waals surface area contributed by atoms with Crippen molar-refractivity contribution in [3.8, 4) is 11.5 Å². The van der Waals surface area contributed by atoms with Crippen molar-refractivity contribution < 1.29 is 34.9 Å². The molecule has 10 heavy (non-hydrogen) atoms. The third-order valence-corrected chi connectivity index (χ3v) is 0.965. The maximum atomic E-state index is 12.2. The minimum Gasteiger partial charge on any atom is -1.00 e. The predicted octanol–water partition coefficient (Wildman–Crippen LogP) is -1.65. The third-order valence-electron chi connectivity index (χ3n) is 0.965. The molecule has 0 radical (unpaired) electrons. The standard InChI is InChI=1S/C6H5FO2.Li.H/c7-4-2-1-3-5(8)6(4)9;;/h1-3,8-9H;;/q;+1;-1. The molecular formula is C6H6FLiO2. The van der Waals surface area contributed by atoms with Crippen molar-refractivity contribution >= 4 is 0 Å². The number of benzene rings is 1. The van der Waals surface area contributed by atoms with Crippen molar-refractivity contribution in [2.75, 3.05) is 0 Å². The number of rotatable bonds is 0. The minimum atomic E-state index is -0.810. The van der Waals surface area contributed by atoms with Crippen LogP contribution in [0, 0.1) is 5.82 Å². The summed E-state index contributed by atoms with van der Waals surface area (Å²) in [6, 6.07) is 3.58. The van der Waals surface area contributed by atoms with Gasteiger partial charge in [0.15, 0.2) is 17.3 Å². The van der Waals surface area contributed by atoms with Crippen LogP contribution >= 0.6 is 0 Å². The molecule has 0 heterocycles. The predicted molar refractivity (Wildman–Crippen MR) is 30.8 cm³/mol. The van der Waals surface area contributed by atoms with Crippen LogP contribution in [0.2, 0.25) is 0 Å². The molecule has 0 aliphatic rings. The van der Waals surface area contributed by atoms with Crippen LogP contribution in [0.1, 0.15) is 1.43 Å². The summed E-state index contributed by atoms with van der Waals surface area (Å²) in [6.07, 6.45) is 0. The molecule has 1 aromatic carbocycles. The Morgan fingerprint density at radius 2 is 1.90 bits per heavy atom. The number of halogens is 1. The van der Waals surface area contributed by atoms with E-state index in [-0.39, 0.29) is 20.3 Å². The van der Waals surface area contributed by atoms with Crippen LogP contribution in [-0.2, 0) is 0 Å². The van der Waals surface area contributed by atoms with Gasteiger partial charge in [-0.1, -0.05) is 6.07 Å². The average molecular weight is 136 g/mol. The van der Waals surface area contributed by atoms with Crippen LogP contribution in [0.25, 0.3) is 0 Å². The molecule has 1 aromatic rings. The molecule has 0 spiro atoms. The fraction of sp³-hybridized carbons (Fsp3) is 0. The van der Waals surface area contributed by atoms with Gasteiger partial charge in [0.1, 0.15) is 0 Å². The molecule has 0 bridgehead atoms. The van der Waals surface area contributed by atoms with Gasteiger partial charge in [-0.3, -0.25) is 0 Å². The summed E-state index contributed by atoms with van der Waals surface area (Å²) in [4.78, 5) is 0. The first-order valence-corrected chi connectivity index (χ1v) is 2.38. The number of hydrogen-bond acceptors (Lipinski definition) is 2. The molecule has 0 aliphatic heterocycles. The molecule has 2 N–H and O–H groups in total. The first kappa shape index (κ1) is 9.35. The molecule has 0 aromatic heterocycles. The van der Waals surface area contributed by atoms with Crippen molar-refractivity contribution in [3.63, 3.8) is 0 Å². The van der Waals surface area contributed by atoms with Gasteiger partial charge >= 0.3 is 18.9 Å². The zero-order valence-electron chi connectivity index (χ0n) is 6.50. The topological polar surface area (TPSA) is 40.5 Å². The number of phenols is 2. The summed E-state index contributed by atoms with van der Waals surface area (Å²) < 4.78 is 12.2. The van der Waals surface area contributed by atoms with Crippen LogP contribution in [-0.4, -0.2) is 10.2 Å². The first-order chi connectivity index (χ1) is 4.22. The monoisotopic (exact) mass is 136 g/mol. The van der Waals surface area contributed by atoms with E-state index < -0.39 is 17.3 Å². The van der Waals surface area contributed by atoms with Crippen molar-refractivity contribution in [3.05, 3.63) is 24.0 Å². The molecule has 0 unspecified atom stereocenters. The van der Waals surface area contributed by atoms with Crippen molar-refractivity contribution in [1.82, 2.24) is 0 Å². The van der Waals surface area contributed by atoms with E-state index in [1.807, 2.05) is 0 Å². The summed E-state index contributed by atoms with van der Waals surface area (Å²) in [5.41, 5.74) is 0. The summed E-state index contributed by atoms with van der Waals surface area (Å²) >= 11 is 0. The molecule has 0 amide bonds. The van der Waals surface area contributed by atoms with E-state index >= 15 is 0 Å². The van der Waals surface area contributed by atoms with Gasteiger partial charge in [-0.05, 0) is 12.1 Å². The molecule has 2 nitrogen and oxygen atoms in total. The first-order valence-electron chi connectivity index (χ1n) is 2.38. The van der Waals surface area contributed by atoms with Crippen LogP contribution in [0.3, 0.4) is 0 Å². The normalized spacial score (nSPS) is 8.50. The summed E-state index contributed by atoms with van der Waals surface area (Å²) in [5.74, 6) is -1.94. The van der Waals surface area contributed by atoms with Gasteiger partial charge in [0, 0.05) is 0 Å². The average Bonchev–Trinajstić information content (AvgIpc) is 1.83. The summed E-state index contributed by atoms with van der Waals surface area (Å²) in [5, 5.41) is 17.2. The fourth-order valence-corrected chi connectivity index (χ4v) is 0.504. The van der Waals surface area contributed by atoms with Gasteiger partial charge in [-0.25, -0.2) is 4.39 Å². The van der Waals surface area contributed by atoms with E-state index in [1.165, 1.54) is 12.1 Å². The number of phenolic OH excluding ortho intramolecular Hbond substituents is 2. The molecule has 0 saturated carbocycles. The van der Waals surface area contributed by atoms with Crippen LogP contribution in [0.15, 0.2) is 18.2 Å². The maximum absolute atomic E-state index is 12.2. The van der Waals surface area contributed by atoms with Crippen molar-refractivity contribution in [1.29, 1.82) is 0 Å². The van der Waals surface area contributed by atoms with Gasteiger partial charge in [0.05, 0.1) is 0 Å². The molecule has 50 valence electrons. The number of hydrogen-bond donors (Lipinski definition) is 2. The van der Waals surface area contributed by atoms with Crippen LogP contribution in [0.4, 0.5) is 4.39 Å². The molecule has 0 saturated heterocycles. The van der Waals surface area contributed by atoms with E-state index in [0.29, 0.717) is 0 Å². The Labute approximate surface area is 71.0 Å². The quantitative estimate of drug-likeness (QED) is 0.331. The van der Waals surface area contributed by atoms with E-state index in [1.54, 1.807) is 0 Å². The Balaban J connectivity index is 0. The Kier molecular flexibility index (Phi) is 3.27. The third kappa shape index (κ3) is 1.66. The largest absolute Gasteiger partial charge is 1.00 e. The smallest absolute Gasteiger partial charge is 1.00 e. The number of para-hydroxylation sites is 1. The van der Waals surface area contributed by atoms with E-state index in [0.717, 1.165) is 6.07 Å². The van der Waals surface area contributed by atoms with Crippen LogP contribution < -0.4 is 18.9 Å². The Morgan fingerprint density at radius 3 is 2.30 bits per heavy atom. The molecule has 0 atom stereocenters. The van der Waals surface area contributed by atoms with Gasteiger partial charge in [-0.15, -0.1) is 0 Å². The second kappa shape index (κ2) is 3.50. The van der Waals surface area contributed by atoms with Crippen molar-refractivity contribution in [2.45, 2.75) is 0 Å². The van der Waals surface area contributed by atoms with Gasteiger partial charge in [-0.2, -0.15) is 0 Å². The van der Waals surface area contributed by atoms with E-state index in [9.17, 15) is 4.39 Å². The SMILES string of the molecule is Oc1cccc(F)c1O.[H-].[Li+]. The molecule has 0 fully saturated rings. The Bertz CT molecular complexity index is 212. The molecular weight excluding hydrogens is 130 g/mol. The van der Waals surface area contributed by atoms with E-state index in [4.69, 9.17) is 10.2 Å². The Hall–Kier alpha value is -0.653. The van der Waals surface area contributed by atoms with Crippen molar-refractivity contribution in [2.24, 2.45) is 0 Å². The van der Waals surface area contributed by atoms with Gasteiger partial charge < -0.3 is 11.6 Å². The zero-order valence-corrected chi connectivity index (χ0v) is 5.50. The van der Waals surface area contributed by atoms with Gasteiger partial charge in [0.25, 0.3) is 0 Å². The minimum absolute atomic E-state index is 0. The van der Waals surface area contributed by atoms with Gasteiger partial charge in [0.2, 0.25) is 0 Å². The molecule has 1 rings (SSSR count). The zero-order chi connectivity index (χ0) is 6.85. The second-order valence-corrected chi connectivity index (χ2v) is 1.61. The fourth-order valence-electron chi connectivity index (χ4n) is 0.504.